The Kier molecular flexibility index (Phi) is 29.3. The van der Waals surface area contributed by atoms with Crippen LogP contribution in [0.2, 0.25) is 0 Å². The molecule has 6 aromatic rings. The highest BCUT2D eigenvalue weighted by Gasteiger charge is 2.28. The van der Waals surface area contributed by atoms with Crippen LogP contribution in [0.3, 0.4) is 0 Å². The average Bonchev–Trinajstić information content (AvgIpc) is 3.28. The second kappa shape index (κ2) is 31.5. The van der Waals surface area contributed by atoms with Crippen molar-refractivity contribution in [3.05, 3.63) is 182 Å². The van der Waals surface area contributed by atoms with E-state index in [2.05, 4.69) is 269 Å². The van der Waals surface area contributed by atoms with E-state index >= 15 is 0 Å². The summed E-state index contributed by atoms with van der Waals surface area (Å²) in [5.41, 5.74) is 0. The zero-order valence-electron chi connectivity index (χ0n) is 35.5. The fourth-order valence-corrected chi connectivity index (χ4v) is 18.6. The Morgan fingerprint density at radius 3 is 0.721 bits per heavy atom. The summed E-state index contributed by atoms with van der Waals surface area (Å²) < 4.78 is 0.271. The molecule has 0 amide bonds. The van der Waals surface area contributed by atoms with Gasteiger partial charge in [0.2, 0.25) is 0 Å². The zero-order valence-corrected chi connectivity index (χ0v) is 45.7. The van der Waals surface area contributed by atoms with Gasteiger partial charge < -0.3 is 0 Å². The Labute approximate surface area is 407 Å². The van der Waals surface area contributed by atoms with Gasteiger partial charge in [-0.3, -0.25) is 0 Å². The summed E-state index contributed by atoms with van der Waals surface area (Å²) in [6.07, 6.45) is 8.43. The van der Waals surface area contributed by atoms with Crippen LogP contribution in [0, 0.1) is 0 Å². The van der Waals surface area contributed by atoms with Crippen LogP contribution in [-0.2, 0) is 0 Å². The first kappa shape index (κ1) is 56.7. The Bertz CT molecular complexity index is 1740. The van der Waals surface area contributed by atoms with E-state index < -0.39 is 14.3 Å². The van der Waals surface area contributed by atoms with Crippen molar-refractivity contribution in [3.63, 3.8) is 0 Å². The molecule has 61 heavy (non-hydrogen) atoms. The predicted molar refractivity (Wildman–Crippen MR) is 321 cm³/mol. The second-order valence-electron chi connectivity index (χ2n) is 13.8. The Balaban J connectivity index is 0.000000299. The third-order valence-corrected chi connectivity index (χ3v) is 23.0. The summed E-state index contributed by atoms with van der Waals surface area (Å²) in [5.74, 6) is 0. The van der Waals surface area contributed by atoms with E-state index in [1.54, 1.807) is 10.6 Å². The minimum absolute atomic E-state index is 0. The van der Waals surface area contributed by atoms with Crippen LogP contribution in [0.5, 0.6) is 0 Å². The van der Waals surface area contributed by atoms with Crippen molar-refractivity contribution in [3.8, 4) is 0 Å². The predicted octanol–water partition coefficient (Wildman–Crippen LogP) is 11.0. The van der Waals surface area contributed by atoms with Gasteiger partial charge >= 0.3 is 3.18 Å². The minimum atomic E-state index is -0.694. The fraction of sp³-hybridized carbons (Fsp3) is 0.250. The van der Waals surface area contributed by atoms with E-state index in [9.17, 15) is 0 Å². The number of halogens is 3. The van der Waals surface area contributed by atoms with Crippen molar-refractivity contribution in [2.45, 2.75) is 0 Å². The number of rotatable bonds is 15. The molecule has 3 radical (unpaired) electrons. The lowest BCUT2D eigenvalue weighted by atomic mass is 10.4. The average molecular weight is 1110 g/mol. The lowest BCUT2D eigenvalue weighted by molar-refractivity contribution is 1.49. The molecule has 0 aromatic heterocycles. The Morgan fingerprint density at radius 1 is 0.377 bits per heavy atom. The smallest absolute Gasteiger partial charge is 0.125 e. The van der Waals surface area contributed by atoms with Crippen LogP contribution in [-0.4, -0.2) is 104 Å². The number of benzene rings is 6. The van der Waals surface area contributed by atoms with Crippen molar-refractivity contribution < 1.29 is 0 Å². The summed E-state index contributed by atoms with van der Waals surface area (Å²) in [5, 5.41) is 9.53. The van der Waals surface area contributed by atoms with E-state index in [0.717, 1.165) is 0 Å². The summed E-state index contributed by atoms with van der Waals surface area (Å²) in [6.45, 7) is 14.8. The van der Waals surface area contributed by atoms with E-state index in [1.165, 1.54) is 58.2 Å². The molecular weight excluding hydrogens is 1050 g/mol. The standard InChI is InChI=1S/C16H26B2P2.2C16H20P2.BBr3.B/c1-19(17,15-9-5-3-6-10-15)13-14-20(2,18)16-11-7-4-8-12-16;2*1-17(15-9-5-3-6-10-15)13-14-18(2)16-11-7-4-8-12-16;2-1(3)4;/h3-12H,13-14H2,1-2,17-18H3;2*3-12H,13-14H2,1-2H3;;/t;2*17-,18+;;. The first-order valence-electron chi connectivity index (χ1n) is 19.5. The maximum Gasteiger partial charge on any atom is 0.369 e. The van der Waals surface area contributed by atoms with Gasteiger partial charge in [0, 0.05) is 32.4 Å². The maximum absolute atomic E-state index is 3.10. The van der Waals surface area contributed by atoms with Crippen molar-refractivity contribution in [2.75, 3.05) is 77.0 Å². The van der Waals surface area contributed by atoms with Gasteiger partial charge in [-0.15, -0.1) is 61.6 Å². The van der Waals surface area contributed by atoms with Crippen LogP contribution in [0.15, 0.2) is 182 Å². The maximum atomic E-state index is 3.10. The Hall–Kier alpha value is -0.400. The molecule has 0 nitrogen and oxygen atoms in total. The largest absolute Gasteiger partial charge is 0.369 e. The fourth-order valence-electron chi connectivity index (χ4n) is 5.77. The number of hydrogen-bond donors (Lipinski definition) is 0. The van der Waals surface area contributed by atoms with E-state index in [1.807, 2.05) is 0 Å². The Morgan fingerprint density at radius 2 is 0.541 bits per heavy atom. The van der Waals surface area contributed by atoms with Crippen LogP contribution >= 0.6 is 93.2 Å². The molecule has 0 saturated heterocycles. The molecule has 0 N–H and O–H groups in total. The molecule has 0 aliphatic heterocycles. The molecule has 0 fully saturated rings. The molecule has 0 aliphatic carbocycles. The molecule has 321 valence electrons. The van der Waals surface area contributed by atoms with Crippen molar-refractivity contribution in [1.29, 1.82) is 0 Å². The van der Waals surface area contributed by atoms with Gasteiger partial charge in [-0.1, -0.05) is 189 Å². The van der Waals surface area contributed by atoms with Crippen LogP contribution in [0.4, 0.5) is 0 Å². The van der Waals surface area contributed by atoms with Gasteiger partial charge in [0.1, 0.15) is 15.1 Å². The van der Waals surface area contributed by atoms with Gasteiger partial charge in [0.05, 0.1) is 12.3 Å². The lowest BCUT2D eigenvalue weighted by Gasteiger charge is -2.31. The summed E-state index contributed by atoms with van der Waals surface area (Å²) in [7, 11) is -0.476. The molecule has 2 unspecified atom stereocenters. The third kappa shape index (κ3) is 23.1. The molecule has 0 spiro atoms. The molecule has 13 heteroatoms. The molecule has 0 aliphatic rings. The lowest BCUT2D eigenvalue weighted by Crippen LogP contribution is -2.20. The zero-order chi connectivity index (χ0) is 43.8. The topological polar surface area (TPSA) is 0 Å². The van der Waals surface area contributed by atoms with Crippen molar-refractivity contribution in [2.24, 2.45) is 0 Å². The minimum Gasteiger partial charge on any atom is -0.125 e. The SMILES string of the molecule is BrB(Br)Br.C[P@](CC[P@](C)c1ccccc1)c1ccccc1.C[P@](CC[P@](C)c1ccccc1)c1ccccc1.[BH3-][P+](C)(CC[P+]([BH3-])(C)c1ccccc1)c1ccccc1.[B]. The van der Waals surface area contributed by atoms with E-state index in [0.29, 0.717) is 15.1 Å². The first-order chi connectivity index (χ1) is 28.7. The molecular formula is C48H66B4Br3P6. The quantitative estimate of drug-likeness (QED) is 0.0710. The molecule has 6 atom stereocenters. The summed E-state index contributed by atoms with van der Waals surface area (Å²) in [6, 6.07) is 66.6. The van der Waals surface area contributed by atoms with E-state index in [4.69, 9.17) is 0 Å². The highest BCUT2D eigenvalue weighted by molar-refractivity contribution is 9.69. The molecule has 0 bridgehead atoms. The van der Waals surface area contributed by atoms with Crippen LogP contribution < -0.4 is 31.8 Å². The monoisotopic (exact) mass is 1110 g/mol. The van der Waals surface area contributed by atoms with Crippen molar-refractivity contribution in [1.82, 2.24) is 0 Å². The third-order valence-electron chi connectivity index (χ3n) is 9.49. The highest BCUT2D eigenvalue weighted by atomic mass is 79.9. The van der Waals surface area contributed by atoms with Crippen LogP contribution in [0.25, 0.3) is 0 Å². The number of hydrogen-bond acceptors (Lipinski definition) is 0. The summed E-state index contributed by atoms with van der Waals surface area (Å²) in [4.78, 5) is 0. The van der Waals surface area contributed by atoms with Gasteiger partial charge in [0.25, 0.3) is 0 Å². The summed E-state index contributed by atoms with van der Waals surface area (Å²) >= 11 is 9.31. The molecule has 6 rings (SSSR count). The van der Waals surface area contributed by atoms with Gasteiger partial charge in [-0.05, 0) is 96.8 Å². The molecule has 0 heterocycles. The molecule has 0 saturated carbocycles. The highest BCUT2D eigenvalue weighted by Crippen LogP contribution is 2.56. The second-order valence-corrected chi connectivity index (χ2v) is 34.4. The van der Waals surface area contributed by atoms with Crippen molar-refractivity contribution >= 4 is 152 Å². The van der Waals surface area contributed by atoms with Gasteiger partial charge in [0.15, 0.2) is 0 Å². The molecule has 6 aromatic carbocycles. The van der Waals surface area contributed by atoms with Gasteiger partial charge in [-0.2, -0.15) is 0 Å². The van der Waals surface area contributed by atoms with E-state index in [-0.39, 0.29) is 43.3 Å². The normalized spacial score (nSPS) is 14.4. The van der Waals surface area contributed by atoms with Gasteiger partial charge in [-0.25, -0.2) is 0 Å². The van der Waals surface area contributed by atoms with Crippen LogP contribution in [0.1, 0.15) is 0 Å². The first-order valence-corrected chi connectivity index (χ1v) is 34.1.